The molecule has 1 saturated heterocycles. The zero-order chi connectivity index (χ0) is 11.7. The van der Waals surface area contributed by atoms with E-state index in [0.29, 0.717) is 11.4 Å². The number of pyridine rings is 1. The lowest BCUT2D eigenvalue weighted by Gasteiger charge is -2.14. The first-order chi connectivity index (χ1) is 7.58. The molecule has 1 fully saturated rings. The molecule has 2 atom stereocenters. The summed E-state index contributed by atoms with van der Waals surface area (Å²) in [5, 5.41) is 9.20. The van der Waals surface area contributed by atoms with Crippen molar-refractivity contribution in [3.63, 3.8) is 0 Å². The fourth-order valence-corrected chi connectivity index (χ4v) is 1.63. The largest absolute Gasteiger partial charge is 0.388 e. The van der Waals surface area contributed by atoms with Gasteiger partial charge in [-0.15, -0.1) is 0 Å². The average molecular weight is 225 g/mol. The number of halogens is 1. The third kappa shape index (κ3) is 1.96. The van der Waals surface area contributed by atoms with E-state index in [9.17, 15) is 14.3 Å². The molecular weight excluding hydrogens is 213 g/mol. The smallest absolute Gasteiger partial charge is 0.255 e. The quantitative estimate of drug-likeness (QED) is 0.694. The van der Waals surface area contributed by atoms with Crippen molar-refractivity contribution >= 4 is 11.7 Å². The van der Waals surface area contributed by atoms with Crippen molar-refractivity contribution in [1.82, 2.24) is 9.88 Å². The Bertz CT molecular complexity index is 386. The molecule has 0 saturated carbocycles. The van der Waals surface area contributed by atoms with Crippen LogP contribution in [0.5, 0.6) is 0 Å². The molecule has 0 aliphatic carbocycles. The molecule has 3 N–H and O–H groups in total. The third-order valence-corrected chi connectivity index (χ3v) is 2.54. The Balaban J connectivity index is 2.11. The molecule has 2 heterocycles. The maximum atomic E-state index is 13.0. The second kappa shape index (κ2) is 4.05. The summed E-state index contributed by atoms with van der Waals surface area (Å²) in [6.45, 7) is -0.0608. The number of likely N-dealkylation sites (tertiary alicyclic amines) is 1. The van der Waals surface area contributed by atoms with Gasteiger partial charge in [-0.3, -0.25) is 4.79 Å². The molecule has 6 heteroatoms. The number of carbonyl (C=O) groups is 1. The number of aliphatic hydroxyl groups is 1. The SMILES string of the molecule is Nc1ccc(C(=O)N2C[C@@H](O)[C@H](F)C2)cn1. The molecule has 1 aromatic rings. The number of nitrogens with zero attached hydrogens (tertiary/aromatic N) is 2. The van der Waals surface area contributed by atoms with Crippen molar-refractivity contribution < 1.29 is 14.3 Å². The minimum absolute atomic E-state index is 0.0182. The van der Waals surface area contributed by atoms with Gasteiger partial charge in [0.05, 0.1) is 12.1 Å². The Morgan fingerprint density at radius 2 is 2.31 bits per heavy atom. The van der Waals surface area contributed by atoms with Gasteiger partial charge in [-0.25, -0.2) is 9.37 Å². The lowest BCUT2D eigenvalue weighted by molar-refractivity contribution is 0.0764. The first-order valence-corrected chi connectivity index (χ1v) is 4.91. The van der Waals surface area contributed by atoms with E-state index in [1.807, 2.05) is 0 Å². The van der Waals surface area contributed by atoms with Crippen LogP contribution < -0.4 is 5.73 Å². The first kappa shape index (κ1) is 10.8. The number of β-amino-alcohol motifs (C(OH)–C–C–N with tert-alkyl or cyclic N) is 1. The lowest BCUT2D eigenvalue weighted by atomic mass is 10.2. The minimum atomic E-state index is -1.37. The van der Waals surface area contributed by atoms with Crippen LogP contribution in [0.15, 0.2) is 18.3 Å². The molecule has 16 heavy (non-hydrogen) atoms. The van der Waals surface area contributed by atoms with Crippen molar-refractivity contribution in [2.24, 2.45) is 0 Å². The minimum Gasteiger partial charge on any atom is -0.388 e. The molecule has 1 aliphatic rings. The van der Waals surface area contributed by atoms with E-state index in [1.165, 1.54) is 23.2 Å². The van der Waals surface area contributed by atoms with Gasteiger partial charge in [0, 0.05) is 12.7 Å². The highest BCUT2D eigenvalue weighted by atomic mass is 19.1. The highest BCUT2D eigenvalue weighted by molar-refractivity contribution is 5.94. The first-order valence-electron chi connectivity index (χ1n) is 4.91. The zero-order valence-corrected chi connectivity index (χ0v) is 8.51. The summed E-state index contributed by atoms with van der Waals surface area (Å²) >= 11 is 0. The average Bonchev–Trinajstić information content (AvgIpc) is 2.59. The number of hydrogen-bond donors (Lipinski definition) is 2. The van der Waals surface area contributed by atoms with E-state index in [2.05, 4.69) is 4.98 Å². The van der Waals surface area contributed by atoms with Crippen molar-refractivity contribution in [3.8, 4) is 0 Å². The van der Waals surface area contributed by atoms with Gasteiger partial charge < -0.3 is 15.7 Å². The molecule has 1 aliphatic heterocycles. The second-order valence-corrected chi connectivity index (χ2v) is 3.77. The van der Waals surface area contributed by atoms with E-state index in [0.717, 1.165) is 0 Å². The fourth-order valence-electron chi connectivity index (χ4n) is 1.63. The monoisotopic (exact) mass is 225 g/mol. The number of alkyl halides is 1. The van der Waals surface area contributed by atoms with Gasteiger partial charge in [0.25, 0.3) is 5.91 Å². The molecule has 1 aromatic heterocycles. The number of carbonyl (C=O) groups excluding carboxylic acids is 1. The molecular formula is C10H12FN3O2. The number of amides is 1. The van der Waals surface area contributed by atoms with Crippen molar-refractivity contribution in [1.29, 1.82) is 0 Å². The normalized spacial score (nSPS) is 24.8. The summed E-state index contributed by atoms with van der Waals surface area (Å²) < 4.78 is 13.0. The standard InChI is InChI=1S/C10H12FN3O2/c11-7-4-14(5-8(7)15)10(16)6-1-2-9(12)13-3-6/h1-3,7-8,15H,4-5H2,(H2,12,13)/t7-,8-/m1/s1. The predicted octanol–water partition coefficient (Wildman–Crippen LogP) is -0.181. The Hall–Kier alpha value is -1.69. The number of hydrogen-bond acceptors (Lipinski definition) is 4. The van der Waals surface area contributed by atoms with Gasteiger partial charge >= 0.3 is 0 Å². The van der Waals surface area contributed by atoms with Crippen molar-refractivity contribution in [3.05, 3.63) is 23.9 Å². The number of rotatable bonds is 1. The Labute approximate surface area is 91.7 Å². The molecule has 0 aromatic carbocycles. The van der Waals surface area contributed by atoms with E-state index >= 15 is 0 Å². The summed E-state index contributed by atoms with van der Waals surface area (Å²) in [5.74, 6) is -0.0203. The Morgan fingerprint density at radius 1 is 1.56 bits per heavy atom. The van der Waals surface area contributed by atoms with Crippen LogP contribution in [0.1, 0.15) is 10.4 Å². The summed E-state index contributed by atoms with van der Waals surface area (Å²) in [6.07, 6.45) is -1.12. The molecule has 5 nitrogen and oxygen atoms in total. The van der Waals surface area contributed by atoms with Gasteiger partial charge in [0.2, 0.25) is 0 Å². The topological polar surface area (TPSA) is 79.5 Å². The van der Waals surface area contributed by atoms with Gasteiger partial charge in [-0.2, -0.15) is 0 Å². The lowest BCUT2D eigenvalue weighted by Crippen LogP contribution is -2.29. The molecule has 1 amide bonds. The van der Waals surface area contributed by atoms with Gasteiger partial charge in [0.1, 0.15) is 18.1 Å². The molecule has 0 unspecified atom stereocenters. The zero-order valence-electron chi connectivity index (χ0n) is 8.51. The highest BCUT2D eigenvalue weighted by Crippen LogP contribution is 2.16. The van der Waals surface area contributed by atoms with Crippen LogP contribution in [0.3, 0.4) is 0 Å². The molecule has 86 valence electrons. The van der Waals surface area contributed by atoms with Crippen LogP contribution >= 0.6 is 0 Å². The van der Waals surface area contributed by atoms with E-state index in [1.54, 1.807) is 0 Å². The summed E-state index contributed by atoms with van der Waals surface area (Å²) in [4.78, 5) is 16.9. The Kier molecular flexibility index (Phi) is 2.74. The third-order valence-electron chi connectivity index (χ3n) is 2.54. The van der Waals surface area contributed by atoms with Gasteiger partial charge in [0.15, 0.2) is 0 Å². The summed E-state index contributed by atoms with van der Waals surface area (Å²) in [7, 11) is 0. The maximum absolute atomic E-state index is 13.0. The van der Waals surface area contributed by atoms with Crippen LogP contribution in [0.2, 0.25) is 0 Å². The van der Waals surface area contributed by atoms with Gasteiger partial charge in [-0.1, -0.05) is 0 Å². The van der Waals surface area contributed by atoms with E-state index in [-0.39, 0.29) is 19.0 Å². The van der Waals surface area contributed by atoms with Crippen molar-refractivity contribution in [2.45, 2.75) is 12.3 Å². The number of nitrogens with two attached hydrogens (primary N) is 1. The van der Waals surface area contributed by atoms with Crippen molar-refractivity contribution in [2.75, 3.05) is 18.8 Å². The molecule has 2 rings (SSSR count). The number of aromatic nitrogens is 1. The van der Waals surface area contributed by atoms with Crippen LogP contribution in [0, 0.1) is 0 Å². The number of aliphatic hydroxyl groups excluding tert-OH is 1. The number of nitrogen functional groups attached to an aromatic ring is 1. The van der Waals surface area contributed by atoms with Crippen LogP contribution in [-0.4, -0.2) is 46.3 Å². The fraction of sp³-hybridized carbons (Fsp3) is 0.400. The predicted molar refractivity (Wildman–Crippen MR) is 55.5 cm³/mol. The van der Waals surface area contributed by atoms with Crippen LogP contribution in [0.25, 0.3) is 0 Å². The maximum Gasteiger partial charge on any atom is 0.255 e. The second-order valence-electron chi connectivity index (χ2n) is 3.77. The van der Waals surface area contributed by atoms with Gasteiger partial charge in [-0.05, 0) is 12.1 Å². The molecule has 0 radical (unpaired) electrons. The van der Waals surface area contributed by atoms with E-state index in [4.69, 9.17) is 5.73 Å². The summed E-state index contributed by atoms with van der Waals surface area (Å²) in [6, 6.07) is 3.04. The Morgan fingerprint density at radius 3 is 2.81 bits per heavy atom. The van der Waals surface area contributed by atoms with Crippen LogP contribution in [0.4, 0.5) is 10.2 Å². The highest BCUT2D eigenvalue weighted by Gasteiger charge is 2.34. The molecule has 0 bridgehead atoms. The molecule has 0 spiro atoms. The van der Waals surface area contributed by atoms with Crippen LogP contribution in [-0.2, 0) is 0 Å². The summed E-state index contributed by atoms with van der Waals surface area (Å²) in [5.41, 5.74) is 5.73. The number of anilines is 1. The van der Waals surface area contributed by atoms with E-state index < -0.39 is 12.3 Å².